The van der Waals surface area contributed by atoms with Gasteiger partial charge in [-0.05, 0) is 45.0 Å². The van der Waals surface area contributed by atoms with Crippen LogP contribution in [-0.2, 0) is 6.42 Å². The van der Waals surface area contributed by atoms with Crippen molar-refractivity contribution in [3.63, 3.8) is 0 Å². The molecule has 0 aromatic heterocycles. The lowest BCUT2D eigenvalue weighted by Gasteiger charge is -2.09. The number of hydrogen-bond acceptors (Lipinski definition) is 4. The van der Waals surface area contributed by atoms with Crippen LogP contribution in [0.1, 0.15) is 30.5 Å². The number of aryl methyl sites for hydroxylation is 1. The highest BCUT2D eigenvalue weighted by Gasteiger charge is 2.21. The van der Waals surface area contributed by atoms with Crippen molar-refractivity contribution >= 4 is 11.9 Å². The van der Waals surface area contributed by atoms with Gasteiger partial charge in [0, 0.05) is 17.5 Å². The van der Waals surface area contributed by atoms with Gasteiger partial charge in [-0.3, -0.25) is 5.43 Å². The monoisotopic (exact) mass is 310 g/mol. The van der Waals surface area contributed by atoms with Gasteiger partial charge in [0.05, 0.1) is 18.5 Å². The summed E-state index contributed by atoms with van der Waals surface area (Å²) in [4.78, 5) is 0. The molecular weight excluding hydrogens is 288 g/mol. The number of rotatable bonds is 5. The Morgan fingerprint density at radius 3 is 2.83 bits per heavy atom. The first-order valence-corrected chi connectivity index (χ1v) is 7.98. The second kappa shape index (κ2) is 6.73. The molecule has 0 saturated carbocycles. The van der Waals surface area contributed by atoms with E-state index in [-0.39, 0.29) is 6.10 Å². The minimum atomic E-state index is 0.220. The summed E-state index contributed by atoms with van der Waals surface area (Å²) in [6.07, 6.45) is 2.92. The number of nitrogens with one attached hydrogen (secondary N) is 1. The average molecular weight is 310 g/mol. The zero-order valence-electron chi connectivity index (χ0n) is 13.8. The zero-order chi connectivity index (χ0) is 16.2. The van der Waals surface area contributed by atoms with Crippen LogP contribution in [0.25, 0.3) is 0 Å². The molecule has 0 bridgehead atoms. The van der Waals surface area contributed by atoms with Crippen molar-refractivity contribution in [1.82, 2.24) is 0 Å². The number of ether oxygens (including phenoxy) is 2. The Kier molecular flexibility index (Phi) is 4.51. The molecule has 0 fully saturated rings. The summed E-state index contributed by atoms with van der Waals surface area (Å²) >= 11 is 0. The molecule has 0 saturated heterocycles. The first kappa shape index (κ1) is 15.4. The normalized spacial score (nSPS) is 16.2. The molecule has 0 radical (unpaired) electrons. The number of anilines is 1. The minimum Gasteiger partial charge on any atom is -0.493 e. The van der Waals surface area contributed by atoms with Crippen LogP contribution in [0.4, 0.5) is 5.69 Å². The number of hydrazone groups is 1. The third kappa shape index (κ3) is 3.65. The summed E-state index contributed by atoms with van der Waals surface area (Å²) in [6, 6.07) is 12.2. The summed E-state index contributed by atoms with van der Waals surface area (Å²) in [5, 5.41) is 4.32. The molecule has 3 rings (SSSR count). The molecule has 1 heterocycles. The van der Waals surface area contributed by atoms with Crippen molar-refractivity contribution in [1.29, 1.82) is 0 Å². The van der Waals surface area contributed by atoms with Gasteiger partial charge in [-0.2, -0.15) is 5.10 Å². The second-order valence-electron chi connectivity index (χ2n) is 5.80. The van der Waals surface area contributed by atoms with Gasteiger partial charge >= 0.3 is 0 Å². The van der Waals surface area contributed by atoms with E-state index in [0.717, 1.165) is 29.2 Å². The highest BCUT2D eigenvalue weighted by atomic mass is 16.5. The van der Waals surface area contributed by atoms with Crippen molar-refractivity contribution in [3.8, 4) is 11.5 Å². The average Bonchev–Trinajstić information content (AvgIpc) is 2.89. The Labute approximate surface area is 137 Å². The van der Waals surface area contributed by atoms with E-state index in [1.54, 1.807) is 6.21 Å². The number of benzene rings is 2. The quantitative estimate of drug-likeness (QED) is 0.666. The molecule has 1 atom stereocenters. The molecule has 120 valence electrons. The smallest absolute Gasteiger partial charge is 0.128 e. The van der Waals surface area contributed by atoms with Crippen molar-refractivity contribution in [2.75, 3.05) is 12.0 Å². The summed E-state index contributed by atoms with van der Waals surface area (Å²) in [7, 11) is 0. The van der Waals surface area contributed by atoms with Crippen LogP contribution >= 0.6 is 0 Å². The molecule has 0 unspecified atom stereocenters. The fourth-order valence-corrected chi connectivity index (χ4v) is 2.64. The maximum atomic E-state index is 5.82. The van der Waals surface area contributed by atoms with E-state index < -0.39 is 0 Å². The maximum absolute atomic E-state index is 5.82. The van der Waals surface area contributed by atoms with Crippen LogP contribution in [0.2, 0.25) is 0 Å². The number of fused-ring (bicyclic) bond motifs is 1. The first-order valence-electron chi connectivity index (χ1n) is 7.98. The van der Waals surface area contributed by atoms with Gasteiger partial charge in [0.1, 0.15) is 17.6 Å². The lowest BCUT2D eigenvalue weighted by atomic mass is 10.1. The fraction of sp³-hybridized carbons (Fsp3) is 0.316. The van der Waals surface area contributed by atoms with E-state index in [0.29, 0.717) is 6.61 Å². The summed E-state index contributed by atoms with van der Waals surface area (Å²) < 4.78 is 11.6. The molecule has 23 heavy (non-hydrogen) atoms. The van der Waals surface area contributed by atoms with E-state index >= 15 is 0 Å². The third-order valence-corrected chi connectivity index (χ3v) is 3.78. The summed E-state index contributed by atoms with van der Waals surface area (Å²) in [5.41, 5.74) is 7.33. The van der Waals surface area contributed by atoms with E-state index in [1.807, 2.05) is 37.3 Å². The molecule has 4 nitrogen and oxygen atoms in total. The molecule has 0 amide bonds. The zero-order valence-corrected chi connectivity index (χ0v) is 13.8. The largest absolute Gasteiger partial charge is 0.493 e. The molecule has 2 aromatic carbocycles. The molecule has 2 aromatic rings. The SMILES string of the molecule is CCOc1cc2c(cc1/C=N\Nc1ccc(C)cc1)O[C@@H](C)C2. The maximum Gasteiger partial charge on any atom is 0.128 e. The van der Waals surface area contributed by atoms with E-state index in [2.05, 4.69) is 30.4 Å². The molecule has 0 aliphatic carbocycles. The molecule has 0 spiro atoms. The Bertz CT molecular complexity index is 708. The molecule has 1 N–H and O–H groups in total. The van der Waals surface area contributed by atoms with Crippen LogP contribution in [0.3, 0.4) is 0 Å². The Morgan fingerprint density at radius 1 is 1.30 bits per heavy atom. The van der Waals surface area contributed by atoms with Crippen molar-refractivity contribution in [2.45, 2.75) is 33.3 Å². The van der Waals surface area contributed by atoms with E-state index in [4.69, 9.17) is 9.47 Å². The lowest BCUT2D eigenvalue weighted by Crippen LogP contribution is -2.05. The number of hydrogen-bond donors (Lipinski definition) is 1. The molecule has 1 aliphatic rings. The summed E-state index contributed by atoms with van der Waals surface area (Å²) in [5.74, 6) is 1.77. The fourth-order valence-electron chi connectivity index (χ4n) is 2.64. The lowest BCUT2D eigenvalue weighted by molar-refractivity contribution is 0.254. The molecule has 1 aliphatic heterocycles. The van der Waals surface area contributed by atoms with Gasteiger partial charge in [0.25, 0.3) is 0 Å². The Hall–Kier alpha value is -2.49. The first-order chi connectivity index (χ1) is 11.2. The Morgan fingerprint density at radius 2 is 2.09 bits per heavy atom. The van der Waals surface area contributed by atoms with Crippen molar-refractivity contribution < 1.29 is 9.47 Å². The van der Waals surface area contributed by atoms with Gasteiger partial charge in [-0.15, -0.1) is 0 Å². The number of nitrogens with zero attached hydrogens (tertiary/aromatic N) is 1. The topological polar surface area (TPSA) is 42.8 Å². The van der Waals surface area contributed by atoms with Gasteiger partial charge in [-0.25, -0.2) is 0 Å². The van der Waals surface area contributed by atoms with Crippen molar-refractivity contribution in [2.24, 2.45) is 5.10 Å². The van der Waals surface area contributed by atoms with Gasteiger partial charge < -0.3 is 9.47 Å². The standard InChI is InChI=1S/C19H22N2O2/c1-4-22-18-10-15-9-14(3)23-19(15)11-16(18)12-20-21-17-7-5-13(2)6-8-17/h5-8,10-12,14,21H,4,9H2,1-3H3/b20-12-/t14-/m0/s1. The minimum absolute atomic E-state index is 0.220. The van der Waals surface area contributed by atoms with Crippen LogP contribution in [0, 0.1) is 6.92 Å². The summed E-state index contributed by atoms with van der Waals surface area (Å²) in [6.45, 7) is 6.75. The van der Waals surface area contributed by atoms with Gasteiger partial charge in [0.2, 0.25) is 0 Å². The van der Waals surface area contributed by atoms with Crippen LogP contribution in [-0.4, -0.2) is 18.9 Å². The van der Waals surface area contributed by atoms with Crippen LogP contribution < -0.4 is 14.9 Å². The predicted molar refractivity (Wildman–Crippen MR) is 93.8 cm³/mol. The van der Waals surface area contributed by atoms with Crippen LogP contribution in [0.5, 0.6) is 11.5 Å². The van der Waals surface area contributed by atoms with Gasteiger partial charge in [-0.1, -0.05) is 17.7 Å². The van der Waals surface area contributed by atoms with E-state index in [1.165, 1.54) is 11.1 Å². The molecule has 4 heteroatoms. The second-order valence-corrected chi connectivity index (χ2v) is 5.80. The van der Waals surface area contributed by atoms with Crippen molar-refractivity contribution in [3.05, 3.63) is 53.1 Å². The highest BCUT2D eigenvalue weighted by Crippen LogP contribution is 2.34. The molecular formula is C19H22N2O2. The Balaban J connectivity index is 1.79. The van der Waals surface area contributed by atoms with Gasteiger partial charge in [0.15, 0.2) is 0 Å². The highest BCUT2D eigenvalue weighted by molar-refractivity contribution is 5.85. The predicted octanol–water partition coefficient (Wildman–Crippen LogP) is 4.16. The van der Waals surface area contributed by atoms with E-state index in [9.17, 15) is 0 Å². The van der Waals surface area contributed by atoms with Crippen LogP contribution in [0.15, 0.2) is 41.5 Å². The third-order valence-electron chi connectivity index (χ3n) is 3.78.